The second-order valence-corrected chi connectivity index (χ2v) is 5.74. The van der Waals surface area contributed by atoms with E-state index in [0.717, 1.165) is 35.7 Å². The molecule has 0 aliphatic carbocycles. The molecule has 1 rings (SSSR count). The predicted molar refractivity (Wildman–Crippen MR) is 91.1 cm³/mol. The van der Waals surface area contributed by atoms with Crippen molar-refractivity contribution in [3.05, 3.63) is 35.9 Å². The molecule has 1 aromatic carbocycles. The van der Waals surface area contributed by atoms with Gasteiger partial charge in [-0.15, -0.1) is 5.92 Å². The van der Waals surface area contributed by atoms with Gasteiger partial charge in [0.25, 0.3) is 0 Å². The van der Waals surface area contributed by atoms with Gasteiger partial charge in [-0.25, -0.2) is 0 Å². The highest BCUT2D eigenvalue weighted by atomic mass is 127. The fraction of sp³-hybridized carbons (Fsp3) is 0.471. The number of Topliss-reactive ketones (excluding diaryl/α,β-unsaturated/α-hetero) is 1. The molecule has 0 amide bonds. The largest absolute Gasteiger partial charge is 0.380 e. The fourth-order valence-electron chi connectivity index (χ4n) is 1.81. The molecule has 1 aromatic rings. The van der Waals surface area contributed by atoms with Crippen molar-refractivity contribution in [1.29, 1.82) is 0 Å². The maximum absolute atomic E-state index is 11.8. The lowest BCUT2D eigenvalue weighted by molar-refractivity contribution is 0.0977. The van der Waals surface area contributed by atoms with E-state index in [9.17, 15) is 9.90 Å². The lowest BCUT2D eigenvalue weighted by Crippen LogP contribution is -2.04. The molecule has 0 fully saturated rings. The molecule has 0 bridgehead atoms. The van der Waals surface area contributed by atoms with Gasteiger partial charge in [-0.1, -0.05) is 58.8 Å². The first-order valence-electron chi connectivity index (χ1n) is 7.04. The summed E-state index contributed by atoms with van der Waals surface area (Å²) >= 11 is 2.32. The maximum Gasteiger partial charge on any atom is 0.162 e. The number of aliphatic hydroxyl groups excluding tert-OH is 1. The van der Waals surface area contributed by atoms with Crippen molar-refractivity contribution in [1.82, 2.24) is 0 Å². The van der Waals surface area contributed by atoms with Crippen molar-refractivity contribution < 1.29 is 9.90 Å². The molecule has 0 heterocycles. The quantitative estimate of drug-likeness (QED) is 0.242. The Kier molecular flexibility index (Phi) is 9.35. The molecule has 2 nitrogen and oxygen atoms in total. The second-order valence-electron chi connectivity index (χ2n) is 4.66. The molecule has 0 saturated heterocycles. The molecule has 0 saturated carbocycles. The Balaban J connectivity index is 2.15. The zero-order chi connectivity index (χ0) is 14.6. The van der Waals surface area contributed by atoms with Gasteiger partial charge in [0.05, 0.1) is 0 Å². The number of ketones is 1. The number of alkyl halides is 1. The number of halogens is 1. The molecule has 0 radical (unpaired) electrons. The minimum absolute atomic E-state index is 0.174. The Labute approximate surface area is 135 Å². The molecule has 1 unspecified atom stereocenters. The third-order valence-electron chi connectivity index (χ3n) is 2.93. The third-order valence-corrected chi connectivity index (χ3v) is 3.69. The minimum Gasteiger partial charge on any atom is -0.380 e. The Bertz CT molecular complexity index is 445. The van der Waals surface area contributed by atoms with E-state index in [-0.39, 0.29) is 5.78 Å². The van der Waals surface area contributed by atoms with Crippen LogP contribution in [0.15, 0.2) is 30.3 Å². The number of aliphatic hydroxyl groups is 1. The van der Waals surface area contributed by atoms with Gasteiger partial charge in [0, 0.05) is 22.8 Å². The summed E-state index contributed by atoms with van der Waals surface area (Å²) in [6.07, 6.45) is 4.22. The smallest absolute Gasteiger partial charge is 0.162 e. The van der Waals surface area contributed by atoms with Gasteiger partial charge in [0.2, 0.25) is 0 Å². The standard InChI is InChI=1S/C17H21IO2/c18-14-8-2-5-11-16(19)12-6-7-13-17(20)15-9-3-1-4-10-15/h1,3-4,9-10,16,19H,2,6-8,12-14H2. The summed E-state index contributed by atoms with van der Waals surface area (Å²) in [6.45, 7) is 0. The van der Waals surface area contributed by atoms with Gasteiger partial charge in [-0.2, -0.15) is 0 Å². The number of unbranched alkanes of at least 4 members (excludes halogenated alkanes) is 2. The maximum atomic E-state index is 11.8. The average molecular weight is 384 g/mol. The number of hydrogen-bond acceptors (Lipinski definition) is 2. The van der Waals surface area contributed by atoms with Gasteiger partial charge < -0.3 is 5.11 Å². The van der Waals surface area contributed by atoms with E-state index < -0.39 is 6.10 Å². The van der Waals surface area contributed by atoms with Crippen LogP contribution in [0.4, 0.5) is 0 Å². The van der Waals surface area contributed by atoms with Crippen LogP contribution in [0.25, 0.3) is 0 Å². The lowest BCUT2D eigenvalue weighted by Gasteiger charge is -2.03. The summed E-state index contributed by atoms with van der Waals surface area (Å²) in [6, 6.07) is 9.35. The van der Waals surface area contributed by atoms with E-state index >= 15 is 0 Å². The topological polar surface area (TPSA) is 37.3 Å². The van der Waals surface area contributed by atoms with Crippen molar-refractivity contribution in [2.75, 3.05) is 4.43 Å². The summed E-state index contributed by atoms with van der Waals surface area (Å²) < 4.78 is 1.10. The normalized spacial score (nSPS) is 11.5. The second kappa shape index (κ2) is 10.9. The average Bonchev–Trinajstić information content (AvgIpc) is 2.49. The predicted octanol–water partition coefficient (Wildman–Crippen LogP) is 4.01. The zero-order valence-electron chi connectivity index (χ0n) is 11.6. The fourth-order valence-corrected chi connectivity index (χ4v) is 2.19. The summed E-state index contributed by atoms with van der Waals surface area (Å²) in [5.74, 6) is 6.02. The molecule has 0 aliphatic rings. The van der Waals surface area contributed by atoms with Crippen LogP contribution in [-0.4, -0.2) is 21.4 Å². The number of hydrogen-bond donors (Lipinski definition) is 1. The van der Waals surface area contributed by atoms with Crippen LogP contribution in [0.5, 0.6) is 0 Å². The Morgan fingerprint density at radius 2 is 1.95 bits per heavy atom. The van der Waals surface area contributed by atoms with Crippen molar-refractivity contribution >= 4 is 28.4 Å². The summed E-state index contributed by atoms with van der Waals surface area (Å²) in [5.41, 5.74) is 0.770. The van der Waals surface area contributed by atoms with Crippen LogP contribution >= 0.6 is 22.6 Å². The van der Waals surface area contributed by atoms with Gasteiger partial charge in [-0.3, -0.25) is 4.79 Å². The van der Waals surface area contributed by atoms with Gasteiger partial charge in [-0.05, 0) is 25.7 Å². The Hall–Kier alpha value is -0.860. The lowest BCUT2D eigenvalue weighted by atomic mass is 10.0. The Morgan fingerprint density at radius 3 is 2.65 bits per heavy atom. The first-order chi connectivity index (χ1) is 9.74. The van der Waals surface area contributed by atoms with Crippen LogP contribution in [0.3, 0.4) is 0 Å². The number of carbonyl (C=O) groups excluding carboxylic acids is 1. The van der Waals surface area contributed by atoms with Crippen molar-refractivity contribution in [3.63, 3.8) is 0 Å². The molecule has 1 N–H and O–H groups in total. The van der Waals surface area contributed by atoms with E-state index in [1.54, 1.807) is 0 Å². The highest BCUT2D eigenvalue weighted by Gasteiger charge is 2.05. The van der Waals surface area contributed by atoms with Crippen molar-refractivity contribution in [3.8, 4) is 11.8 Å². The summed E-state index contributed by atoms with van der Waals surface area (Å²) in [4.78, 5) is 11.8. The molecular formula is C17H21IO2. The monoisotopic (exact) mass is 384 g/mol. The highest BCUT2D eigenvalue weighted by Crippen LogP contribution is 2.09. The molecule has 20 heavy (non-hydrogen) atoms. The van der Waals surface area contributed by atoms with Gasteiger partial charge in [0.15, 0.2) is 5.78 Å². The number of rotatable bonds is 8. The van der Waals surface area contributed by atoms with Crippen LogP contribution in [0.1, 0.15) is 48.9 Å². The van der Waals surface area contributed by atoms with Crippen LogP contribution in [0, 0.1) is 11.8 Å². The van der Waals surface area contributed by atoms with Gasteiger partial charge in [0.1, 0.15) is 6.10 Å². The summed E-state index contributed by atoms with van der Waals surface area (Å²) in [7, 11) is 0. The molecular weight excluding hydrogens is 363 g/mol. The molecule has 0 aromatic heterocycles. The molecule has 0 spiro atoms. The Morgan fingerprint density at radius 1 is 1.20 bits per heavy atom. The van der Waals surface area contributed by atoms with E-state index in [0.29, 0.717) is 12.8 Å². The number of benzene rings is 1. The SMILES string of the molecule is O=C(CCCCC(O)C#CCCCI)c1ccccc1. The van der Waals surface area contributed by atoms with Crippen LogP contribution < -0.4 is 0 Å². The van der Waals surface area contributed by atoms with E-state index in [1.807, 2.05) is 30.3 Å². The highest BCUT2D eigenvalue weighted by molar-refractivity contribution is 14.1. The van der Waals surface area contributed by atoms with Crippen LogP contribution in [0.2, 0.25) is 0 Å². The van der Waals surface area contributed by atoms with E-state index in [1.165, 1.54) is 0 Å². The minimum atomic E-state index is -0.545. The zero-order valence-corrected chi connectivity index (χ0v) is 13.8. The van der Waals surface area contributed by atoms with E-state index in [4.69, 9.17) is 0 Å². The van der Waals surface area contributed by atoms with E-state index in [2.05, 4.69) is 34.4 Å². The summed E-state index contributed by atoms with van der Waals surface area (Å²) in [5, 5.41) is 9.67. The molecule has 0 aliphatic heterocycles. The van der Waals surface area contributed by atoms with Crippen molar-refractivity contribution in [2.45, 2.75) is 44.6 Å². The molecule has 108 valence electrons. The first kappa shape index (κ1) is 17.2. The molecule has 1 atom stereocenters. The van der Waals surface area contributed by atoms with Crippen LogP contribution in [-0.2, 0) is 0 Å². The molecule has 3 heteroatoms. The van der Waals surface area contributed by atoms with Crippen molar-refractivity contribution in [2.24, 2.45) is 0 Å². The third kappa shape index (κ3) is 7.66. The first-order valence-corrected chi connectivity index (χ1v) is 8.57. The van der Waals surface area contributed by atoms with Gasteiger partial charge >= 0.3 is 0 Å². The number of carbonyl (C=O) groups is 1.